The van der Waals surface area contributed by atoms with Crippen LogP contribution in [0.3, 0.4) is 0 Å². The fourth-order valence-electron chi connectivity index (χ4n) is 3.47. The van der Waals surface area contributed by atoms with Gasteiger partial charge in [0, 0.05) is 18.2 Å². The summed E-state index contributed by atoms with van der Waals surface area (Å²) in [5.74, 6) is -3.35. The van der Waals surface area contributed by atoms with Gasteiger partial charge < -0.3 is 10.4 Å². The van der Waals surface area contributed by atoms with Crippen LogP contribution in [0.25, 0.3) is 5.57 Å². The van der Waals surface area contributed by atoms with Gasteiger partial charge in [-0.25, -0.2) is 9.69 Å². The van der Waals surface area contributed by atoms with Crippen LogP contribution in [-0.2, 0) is 19.2 Å². The van der Waals surface area contributed by atoms with Gasteiger partial charge in [0.15, 0.2) is 0 Å². The summed E-state index contributed by atoms with van der Waals surface area (Å²) in [6.45, 7) is 0.866. The van der Waals surface area contributed by atoms with Crippen LogP contribution in [0.4, 0.5) is 11.4 Å². The van der Waals surface area contributed by atoms with Crippen molar-refractivity contribution in [1.29, 1.82) is 0 Å². The lowest BCUT2D eigenvalue weighted by atomic mass is 10.1. The van der Waals surface area contributed by atoms with E-state index in [2.05, 4.69) is 5.32 Å². The van der Waals surface area contributed by atoms with Gasteiger partial charge in [-0.1, -0.05) is 42.2 Å². The van der Waals surface area contributed by atoms with Crippen molar-refractivity contribution in [2.24, 2.45) is 0 Å². The van der Waals surface area contributed by atoms with Crippen LogP contribution in [0.15, 0.2) is 53.4 Å². The van der Waals surface area contributed by atoms with E-state index < -0.39 is 36.1 Å². The quantitative estimate of drug-likeness (QED) is 0.504. The largest absolute Gasteiger partial charge is 0.478 e. The molecule has 2 N–H and O–H groups in total. The van der Waals surface area contributed by atoms with Gasteiger partial charge in [-0.05, 0) is 30.3 Å². The maximum atomic E-state index is 13.1. The van der Waals surface area contributed by atoms with Gasteiger partial charge in [0.2, 0.25) is 11.8 Å². The molecule has 1 fully saturated rings. The van der Waals surface area contributed by atoms with Crippen molar-refractivity contribution in [2.45, 2.75) is 6.92 Å². The summed E-state index contributed by atoms with van der Waals surface area (Å²) in [5.41, 5.74) is 1.33. The number of carboxylic acids is 1. The average Bonchev–Trinajstić information content (AvgIpc) is 3.21. The van der Waals surface area contributed by atoms with E-state index in [4.69, 9.17) is 17.3 Å². The summed E-state index contributed by atoms with van der Waals surface area (Å²) in [6.07, 6.45) is 0. The molecule has 4 amide bonds. The van der Waals surface area contributed by atoms with Crippen LogP contribution in [-0.4, -0.2) is 50.5 Å². The molecule has 11 heteroatoms. The summed E-state index contributed by atoms with van der Waals surface area (Å²) in [4.78, 5) is 63.7. The number of anilines is 2. The van der Waals surface area contributed by atoms with E-state index in [0.717, 1.165) is 21.6 Å². The minimum atomic E-state index is -1.09. The van der Waals surface area contributed by atoms with Gasteiger partial charge >= 0.3 is 5.97 Å². The van der Waals surface area contributed by atoms with E-state index in [1.54, 1.807) is 24.3 Å². The second-order valence-electron chi connectivity index (χ2n) is 7.07. The number of carbonyl (C=O) groups is 5. The number of hydrogen-bond acceptors (Lipinski definition) is 7. The third kappa shape index (κ3) is 4.03. The van der Waals surface area contributed by atoms with Gasteiger partial charge in [0.25, 0.3) is 11.8 Å². The Balaban J connectivity index is 1.57. The molecular formula is C22H15N3O6S2. The molecule has 2 aromatic rings. The van der Waals surface area contributed by atoms with Crippen molar-refractivity contribution in [2.75, 3.05) is 16.8 Å². The first-order valence-electron chi connectivity index (χ1n) is 9.54. The Kier molecular flexibility index (Phi) is 5.83. The molecule has 2 heterocycles. The zero-order valence-electron chi connectivity index (χ0n) is 17.0. The van der Waals surface area contributed by atoms with Crippen LogP contribution >= 0.6 is 24.0 Å². The molecule has 0 spiro atoms. The number of carbonyl (C=O) groups excluding carboxylic acids is 4. The highest BCUT2D eigenvalue weighted by molar-refractivity contribution is 8.26. The number of thiocarbonyl (C=S) groups is 1. The molecule has 0 bridgehead atoms. The average molecular weight is 482 g/mol. The second kappa shape index (κ2) is 8.60. The minimum absolute atomic E-state index is 0.0554. The molecule has 33 heavy (non-hydrogen) atoms. The number of nitrogens with zero attached hydrogens (tertiary/aromatic N) is 2. The highest BCUT2D eigenvalue weighted by Gasteiger charge is 2.43. The summed E-state index contributed by atoms with van der Waals surface area (Å²) < 4.78 is 0.102. The number of nitrogens with one attached hydrogen (secondary N) is 1. The zero-order valence-corrected chi connectivity index (χ0v) is 18.7. The maximum Gasteiger partial charge on any atom is 0.335 e. The van der Waals surface area contributed by atoms with Crippen LogP contribution in [0.2, 0.25) is 0 Å². The number of thioether (sulfide) groups is 1. The Morgan fingerprint density at radius 2 is 1.70 bits per heavy atom. The van der Waals surface area contributed by atoms with Crippen molar-refractivity contribution in [3.05, 3.63) is 64.6 Å². The molecule has 0 saturated carbocycles. The first kappa shape index (κ1) is 22.4. The first-order valence-corrected chi connectivity index (χ1v) is 10.8. The van der Waals surface area contributed by atoms with Gasteiger partial charge in [0.1, 0.15) is 10.9 Å². The smallest absolute Gasteiger partial charge is 0.335 e. The van der Waals surface area contributed by atoms with Crippen LogP contribution < -0.4 is 10.2 Å². The van der Waals surface area contributed by atoms with Crippen LogP contribution in [0.5, 0.6) is 0 Å². The van der Waals surface area contributed by atoms with Crippen molar-refractivity contribution in [3.63, 3.8) is 0 Å². The highest BCUT2D eigenvalue weighted by atomic mass is 32.2. The van der Waals surface area contributed by atoms with Crippen molar-refractivity contribution >= 4 is 74.8 Å². The van der Waals surface area contributed by atoms with Gasteiger partial charge in [-0.3, -0.25) is 24.1 Å². The first-order chi connectivity index (χ1) is 15.7. The Morgan fingerprint density at radius 3 is 2.33 bits per heavy atom. The lowest BCUT2D eigenvalue weighted by Crippen LogP contribution is -2.36. The lowest BCUT2D eigenvalue weighted by Gasteiger charge is -2.14. The predicted octanol–water partition coefficient (Wildman–Crippen LogP) is 2.49. The number of benzene rings is 2. The molecule has 1 saturated heterocycles. The number of para-hydroxylation sites is 1. The second-order valence-corrected chi connectivity index (χ2v) is 8.71. The Morgan fingerprint density at radius 1 is 1.03 bits per heavy atom. The molecule has 0 aliphatic carbocycles. The molecule has 0 radical (unpaired) electrons. The highest BCUT2D eigenvalue weighted by Crippen LogP contribution is 2.44. The van der Waals surface area contributed by atoms with E-state index in [-0.39, 0.29) is 20.4 Å². The topological polar surface area (TPSA) is 124 Å². The molecule has 9 nitrogen and oxygen atoms in total. The maximum absolute atomic E-state index is 13.1. The van der Waals surface area contributed by atoms with E-state index >= 15 is 0 Å². The Hall–Kier alpha value is -3.83. The SMILES string of the molecule is CC(=O)N1C(=O)C(=C2SC(=S)N(CC(=O)Nc3ccc(C(=O)O)cc3)C2=O)c2ccccc21. The Bertz CT molecular complexity index is 1290. The number of aromatic carboxylic acids is 1. The molecule has 4 rings (SSSR count). The van der Waals surface area contributed by atoms with Crippen molar-refractivity contribution in [3.8, 4) is 0 Å². The van der Waals surface area contributed by atoms with E-state index in [9.17, 15) is 24.0 Å². The normalized spacial score (nSPS) is 17.4. The predicted molar refractivity (Wildman–Crippen MR) is 125 cm³/mol. The van der Waals surface area contributed by atoms with E-state index in [1.165, 1.54) is 31.2 Å². The van der Waals surface area contributed by atoms with Crippen LogP contribution in [0.1, 0.15) is 22.8 Å². The van der Waals surface area contributed by atoms with Crippen molar-refractivity contribution in [1.82, 2.24) is 4.90 Å². The summed E-state index contributed by atoms with van der Waals surface area (Å²) in [5, 5.41) is 11.5. The third-order valence-electron chi connectivity index (χ3n) is 4.94. The summed E-state index contributed by atoms with van der Waals surface area (Å²) in [6, 6.07) is 12.2. The number of fused-ring (bicyclic) bond motifs is 1. The molecule has 166 valence electrons. The molecule has 0 aromatic heterocycles. The summed E-state index contributed by atoms with van der Waals surface area (Å²) in [7, 11) is 0. The fraction of sp³-hybridized carbons (Fsp3) is 0.0909. The van der Waals surface area contributed by atoms with Gasteiger partial charge in [0.05, 0.1) is 21.7 Å². The molecular weight excluding hydrogens is 466 g/mol. The molecule has 2 aliphatic rings. The molecule has 2 aromatic carbocycles. The van der Waals surface area contributed by atoms with Crippen LogP contribution in [0, 0.1) is 0 Å². The standard InChI is InChI=1S/C22H15N3O6S2/c1-11(26)25-15-5-3-2-4-14(15)17(19(25)28)18-20(29)24(22(32)33-18)10-16(27)23-13-8-6-12(7-9-13)21(30)31/h2-9H,10H2,1H3,(H,23,27)(H,30,31). The third-order valence-corrected chi connectivity index (χ3v) is 6.39. The van der Waals surface area contributed by atoms with Crippen molar-refractivity contribution < 1.29 is 29.1 Å². The molecule has 2 aliphatic heterocycles. The number of rotatable bonds is 4. The monoisotopic (exact) mass is 481 g/mol. The fourth-order valence-corrected chi connectivity index (χ4v) is 4.80. The Labute approximate surface area is 197 Å². The minimum Gasteiger partial charge on any atom is -0.478 e. The van der Waals surface area contributed by atoms with Gasteiger partial charge in [-0.2, -0.15) is 0 Å². The number of carboxylic acid groups (broad SMARTS) is 1. The number of amides is 4. The zero-order chi connectivity index (χ0) is 23.9. The molecule has 0 atom stereocenters. The number of hydrogen-bond donors (Lipinski definition) is 2. The van der Waals surface area contributed by atoms with E-state index in [0.29, 0.717) is 16.9 Å². The summed E-state index contributed by atoms with van der Waals surface area (Å²) >= 11 is 6.17. The number of imide groups is 1. The molecule has 0 unspecified atom stereocenters. The van der Waals surface area contributed by atoms with Gasteiger partial charge in [-0.15, -0.1) is 0 Å². The lowest BCUT2D eigenvalue weighted by molar-refractivity contribution is -0.126. The van der Waals surface area contributed by atoms with E-state index in [1.807, 2.05) is 0 Å².